The van der Waals surface area contributed by atoms with Gasteiger partial charge < -0.3 is 41.0 Å². The number of nitrogens with two attached hydrogens (primary N) is 1. The largest absolute Gasteiger partial charge is 0.508 e. The number of ether oxygens (including phenoxy) is 2. The van der Waals surface area contributed by atoms with Gasteiger partial charge in [-0.15, -0.1) is 0 Å². The number of aromatic hydroxyl groups is 2. The molecule has 6 aliphatic rings. The molecule has 3 aromatic carbocycles. The van der Waals surface area contributed by atoms with Crippen LogP contribution in [-0.2, 0) is 27.9 Å². The van der Waals surface area contributed by atoms with Crippen LogP contribution in [0.1, 0.15) is 167 Å². The molecule has 3 fully saturated rings. The number of hydrogen-bond donors (Lipinski definition) is 6. The fourth-order valence-electron chi connectivity index (χ4n) is 13.8. The number of hydrogen-bond acceptors (Lipinski definition) is 10. The number of phenolic OH excluding ortho intramolecular Hbond substituents is 2. The number of fused-ring (bicyclic) bond motifs is 11. The summed E-state index contributed by atoms with van der Waals surface area (Å²) in [6.45, 7) is 4.53. The van der Waals surface area contributed by atoms with Crippen LogP contribution in [0.15, 0.2) is 76.8 Å². The first kappa shape index (κ1) is 49.9. The number of nitrogens with zero attached hydrogens (tertiary/aromatic N) is 1. The Hall–Kier alpha value is -5.08. The van der Waals surface area contributed by atoms with Crippen LogP contribution in [0.25, 0.3) is 0 Å². The molecule has 0 radical (unpaired) electrons. The van der Waals surface area contributed by atoms with Crippen molar-refractivity contribution in [2.45, 2.75) is 159 Å². The van der Waals surface area contributed by atoms with Gasteiger partial charge in [0.15, 0.2) is 23.2 Å². The van der Waals surface area contributed by atoms with E-state index in [-0.39, 0.29) is 90.1 Å². The third-order valence-corrected chi connectivity index (χ3v) is 17.1. The molecule has 3 saturated carbocycles. The van der Waals surface area contributed by atoms with Crippen LogP contribution in [0.3, 0.4) is 0 Å². The number of aryl methyl sites for hydroxylation is 1. The molecule has 0 aromatic heterocycles. The van der Waals surface area contributed by atoms with Crippen LogP contribution in [-0.4, -0.2) is 71.2 Å². The second-order valence-corrected chi connectivity index (χ2v) is 21.9. The highest BCUT2D eigenvalue weighted by Crippen LogP contribution is 2.59. The molecule has 0 saturated heterocycles. The highest BCUT2D eigenvalue weighted by molar-refractivity contribution is 5.90. The second-order valence-electron chi connectivity index (χ2n) is 21.9. The maximum atomic E-state index is 14.0. The number of allylic oxidation sites excluding steroid dienone is 3. The van der Waals surface area contributed by atoms with Crippen molar-refractivity contribution < 1.29 is 34.7 Å². The van der Waals surface area contributed by atoms with E-state index in [0.29, 0.717) is 68.3 Å². The fourth-order valence-corrected chi connectivity index (χ4v) is 13.8. The summed E-state index contributed by atoms with van der Waals surface area (Å²) in [7, 11) is 1.77. The molecule has 0 amide bonds. The van der Waals surface area contributed by atoms with Gasteiger partial charge in [0.25, 0.3) is 0 Å². The van der Waals surface area contributed by atoms with Crippen LogP contribution in [0.4, 0.5) is 0 Å². The Kier molecular flexibility index (Phi) is 15.8. The van der Waals surface area contributed by atoms with E-state index in [2.05, 4.69) is 60.5 Å². The Balaban J connectivity index is 1.25. The van der Waals surface area contributed by atoms with Gasteiger partial charge in [0.2, 0.25) is 0 Å². The Morgan fingerprint density at radius 3 is 2.59 bits per heavy atom. The smallest absolute Gasteiger partial charge is 0.189 e. The van der Waals surface area contributed by atoms with E-state index >= 15 is 0 Å². The minimum Gasteiger partial charge on any atom is -0.508 e. The third-order valence-electron chi connectivity index (χ3n) is 17.1. The lowest BCUT2D eigenvalue weighted by molar-refractivity contribution is -0.114. The molecule has 374 valence electrons. The van der Waals surface area contributed by atoms with Crippen molar-refractivity contribution in [3.63, 3.8) is 0 Å². The quantitative estimate of drug-likeness (QED) is 0.0555. The summed E-state index contributed by atoms with van der Waals surface area (Å²) in [5, 5.41) is 48.5. The summed E-state index contributed by atoms with van der Waals surface area (Å²) in [5.74, 6) is 8.34. The molecule has 7 N–H and O–H groups in total. The molecule has 9 rings (SSSR count). The number of nitrogens with one attached hydrogen (secondary N) is 1. The lowest BCUT2D eigenvalue weighted by Crippen LogP contribution is -2.50. The average Bonchev–Trinajstić information content (AvgIpc) is 3.86. The van der Waals surface area contributed by atoms with Gasteiger partial charge in [-0.2, -0.15) is 0 Å². The molecule has 8 atom stereocenters. The van der Waals surface area contributed by atoms with Crippen molar-refractivity contribution in [3.8, 4) is 29.1 Å². The molecule has 1 spiro atoms. The van der Waals surface area contributed by atoms with Gasteiger partial charge in [0.1, 0.15) is 5.75 Å². The molecule has 8 unspecified atom stereocenters. The SMILES string of the molecule is CCC(CCO)C(=CC(=O)CCc1cc(OC2CCCC2)c(O)c2c1C#CCC1CC3C=C4C(CC(C)CC4C2C3COC)c2cc(O)cc(c2)Cc2cccc(c2)C2(CCCCC2)NC(N)=N1)CO. The van der Waals surface area contributed by atoms with E-state index in [1.807, 2.05) is 25.1 Å². The summed E-state index contributed by atoms with van der Waals surface area (Å²) >= 11 is 0. The van der Waals surface area contributed by atoms with Gasteiger partial charge in [0.05, 0.1) is 30.9 Å². The maximum Gasteiger partial charge on any atom is 0.189 e. The van der Waals surface area contributed by atoms with Crippen molar-refractivity contribution in [2.75, 3.05) is 26.9 Å². The minimum atomic E-state index is -0.374. The number of rotatable bonds is 13. The predicted molar refractivity (Wildman–Crippen MR) is 276 cm³/mol. The molecule has 10 nitrogen and oxygen atoms in total. The van der Waals surface area contributed by atoms with Gasteiger partial charge >= 0.3 is 0 Å². The van der Waals surface area contributed by atoms with Gasteiger partial charge in [0, 0.05) is 49.5 Å². The van der Waals surface area contributed by atoms with Crippen molar-refractivity contribution in [3.05, 3.63) is 111 Å². The zero-order valence-electron chi connectivity index (χ0n) is 41.9. The Morgan fingerprint density at radius 2 is 1.83 bits per heavy atom. The molecule has 3 aromatic rings. The number of ketones is 1. The Morgan fingerprint density at radius 1 is 1.01 bits per heavy atom. The van der Waals surface area contributed by atoms with Crippen molar-refractivity contribution >= 4 is 11.7 Å². The van der Waals surface area contributed by atoms with Gasteiger partial charge in [-0.1, -0.05) is 86.9 Å². The number of aliphatic imine (C=N–C) groups is 1. The topological polar surface area (TPSA) is 167 Å². The number of aliphatic hydroxyl groups excluding tert-OH is 2. The summed E-state index contributed by atoms with van der Waals surface area (Å²) in [6, 6.07) is 16.8. The van der Waals surface area contributed by atoms with Gasteiger partial charge in [-0.05, 0) is 171 Å². The minimum absolute atomic E-state index is 0.00389. The summed E-state index contributed by atoms with van der Waals surface area (Å²) in [4.78, 5) is 19.3. The van der Waals surface area contributed by atoms with Crippen LogP contribution in [0.2, 0.25) is 0 Å². The fraction of sp³-hybridized carbons (Fsp3) is 0.567. The first-order chi connectivity index (χ1) is 34.0. The molecule has 10 heteroatoms. The molecular weight excluding hydrogens is 875 g/mol. The molecule has 1 aliphatic heterocycles. The van der Waals surface area contributed by atoms with Crippen LogP contribution < -0.4 is 15.8 Å². The first-order valence-corrected chi connectivity index (χ1v) is 26.7. The van der Waals surface area contributed by atoms with Gasteiger partial charge in [-0.25, -0.2) is 4.99 Å². The number of methoxy groups -OCH3 is 1. The molecular formula is C60H77N3O7. The number of phenols is 2. The zero-order valence-corrected chi connectivity index (χ0v) is 41.9. The van der Waals surface area contributed by atoms with E-state index in [9.17, 15) is 25.2 Å². The molecule has 1 heterocycles. The number of guanidine groups is 1. The van der Waals surface area contributed by atoms with E-state index in [4.69, 9.17) is 20.2 Å². The number of carbonyl (C=O) groups is 1. The molecule has 8 bridgehead atoms. The lowest BCUT2D eigenvalue weighted by Gasteiger charge is -2.49. The summed E-state index contributed by atoms with van der Waals surface area (Å²) < 4.78 is 13.1. The van der Waals surface area contributed by atoms with Crippen molar-refractivity contribution in [1.29, 1.82) is 0 Å². The number of carbonyl (C=O) groups excluding carboxylic acids is 1. The average molecular weight is 952 g/mol. The van der Waals surface area contributed by atoms with E-state index in [1.54, 1.807) is 13.2 Å². The third kappa shape index (κ3) is 10.7. The van der Waals surface area contributed by atoms with Gasteiger partial charge in [-0.3, -0.25) is 4.79 Å². The normalized spacial score (nSPS) is 26.8. The first-order valence-electron chi connectivity index (χ1n) is 26.7. The monoisotopic (exact) mass is 952 g/mol. The Labute approximate surface area is 416 Å². The predicted octanol–water partition coefficient (Wildman–Crippen LogP) is 10.2. The standard InChI is InChI=1S/C60H77N3O7/c1-4-40(20-23-64)44(35-65)32-47(66)19-18-41-34-55(70-49-15-6-7-16-49)58(68)57-50(41)17-11-14-46-30-43-33-52-51(24-37(2)25-53(52)56(57)54(43)36-69-3)42-27-39(29-48(67)31-42)26-38-12-10-13-45(28-38)60(63-59(61)62-46)21-8-5-9-22-60/h10,12-13,27-29,31-34,37,40,43,46,49,51,53-54,56,64-65,67-68H,4-9,14-16,18-26,30,35-36H2,1-3H3,(H3,61,62,63). The highest BCUT2D eigenvalue weighted by Gasteiger charge is 2.49. The highest BCUT2D eigenvalue weighted by atomic mass is 16.5. The molecule has 70 heavy (non-hydrogen) atoms. The summed E-state index contributed by atoms with van der Waals surface area (Å²) in [6.07, 6.45) is 18.6. The number of benzene rings is 3. The Bertz CT molecular complexity index is 2520. The molecule has 5 aliphatic carbocycles. The van der Waals surface area contributed by atoms with Crippen LogP contribution in [0, 0.1) is 41.4 Å². The maximum absolute atomic E-state index is 14.0. The lowest BCUT2D eigenvalue weighted by atomic mass is 9.55. The van der Waals surface area contributed by atoms with E-state index < -0.39 is 0 Å². The van der Waals surface area contributed by atoms with Crippen LogP contribution in [0.5, 0.6) is 17.2 Å². The zero-order chi connectivity index (χ0) is 48.9. The number of aliphatic hydroxyl groups is 2. The van der Waals surface area contributed by atoms with E-state index in [0.717, 1.165) is 92.0 Å². The second kappa shape index (κ2) is 22.1. The van der Waals surface area contributed by atoms with Crippen molar-refractivity contribution in [2.24, 2.45) is 40.3 Å². The van der Waals surface area contributed by atoms with E-state index in [1.165, 1.54) is 23.1 Å². The van der Waals surface area contributed by atoms with Crippen molar-refractivity contribution in [1.82, 2.24) is 5.32 Å². The van der Waals surface area contributed by atoms with Crippen LogP contribution >= 0.6 is 0 Å². The summed E-state index contributed by atoms with van der Waals surface area (Å²) in [5.41, 5.74) is 15.7.